The van der Waals surface area contributed by atoms with Crippen molar-refractivity contribution < 1.29 is 18.3 Å². The molecule has 1 heterocycles. The van der Waals surface area contributed by atoms with Gasteiger partial charge >= 0.3 is 6.18 Å². The number of likely N-dealkylation sites (tertiary alicyclic amines) is 1. The Bertz CT molecular complexity index is 737. The van der Waals surface area contributed by atoms with Crippen molar-refractivity contribution in [1.82, 2.24) is 4.90 Å². The Kier molecular flexibility index (Phi) is 6.78. The van der Waals surface area contributed by atoms with Gasteiger partial charge in [-0.3, -0.25) is 0 Å². The summed E-state index contributed by atoms with van der Waals surface area (Å²) in [7, 11) is 0. The molecule has 0 radical (unpaired) electrons. The smallest absolute Gasteiger partial charge is 0.396 e. The van der Waals surface area contributed by atoms with Crippen LogP contribution in [-0.2, 0) is 19.0 Å². The van der Waals surface area contributed by atoms with Crippen LogP contribution in [0.25, 0.3) is 0 Å². The Hall–Kier alpha value is -1.85. The van der Waals surface area contributed by atoms with Gasteiger partial charge in [0.1, 0.15) is 0 Å². The van der Waals surface area contributed by atoms with Crippen LogP contribution >= 0.6 is 0 Å². The summed E-state index contributed by atoms with van der Waals surface area (Å²) in [6.07, 6.45) is -0.0809. The van der Waals surface area contributed by atoms with Crippen LogP contribution in [-0.4, -0.2) is 36.2 Å². The fraction of sp³-hybridized carbons (Fsp3) is 0.478. The average Bonchev–Trinajstić information content (AvgIpc) is 2.70. The number of aliphatic hydroxyl groups is 1. The predicted molar refractivity (Wildman–Crippen MR) is 105 cm³/mol. The minimum absolute atomic E-state index is 0.0150. The average molecular weight is 391 g/mol. The second-order valence-corrected chi connectivity index (χ2v) is 7.96. The van der Waals surface area contributed by atoms with Gasteiger partial charge in [-0.15, -0.1) is 0 Å². The van der Waals surface area contributed by atoms with E-state index in [4.69, 9.17) is 0 Å². The molecule has 0 aliphatic carbocycles. The molecular formula is C23H28F3NO. The number of aliphatic hydroxyl groups excluding tert-OH is 1. The number of benzene rings is 2. The van der Waals surface area contributed by atoms with Crippen molar-refractivity contribution in [3.05, 3.63) is 71.3 Å². The number of aryl methyl sites for hydroxylation is 1. The predicted octanol–water partition coefficient (Wildman–Crippen LogP) is 4.96. The van der Waals surface area contributed by atoms with Crippen LogP contribution < -0.4 is 0 Å². The fourth-order valence-corrected chi connectivity index (χ4v) is 4.08. The van der Waals surface area contributed by atoms with E-state index >= 15 is 0 Å². The lowest BCUT2D eigenvalue weighted by Crippen LogP contribution is -2.43. The van der Waals surface area contributed by atoms with Crippen LogP contribution in [0, 0.1) is 5.41 Å². The number of alkyl halides is 3. The molecule has 0 bridgehead atoms. The van der Waals surface area contributed by atoms with Crippen LogP contribution in [0.5, 0.6) is 0 Å². The monoisotopic (exact) mass is 391 g/mol. The fourth-order valence-electron chi connectivity index (χ4n) is 4.08. The topological polar surface area (TPSA) is 23.5 Å². The Morgan fingerprint density at radius 2 is 1.61 bits per heavy atom. The van der Waals surface area contributed by atoms with Crippen molar-refractivity contribution in [2.75, 3.05) is 26.2 Å². The van der Waals surface area contributed by atoms with Gasteiger partial charge in [-0.1, -0.05) is 48.5 Å². The molecule has 0 amide bonds. The van der Waals surface area contributed by atoms with Crippen molar-refractivity contribution in [1.29, 1.82) is 0 Å². The first-order valence-corrected chi connectivity index (χ1v) is 9.94. The minimum Gasteiger partial charge on any atom is -0.396 e. The third-order valence-corrected chi connectivity index (χ3v) is 5.87. The number of hydrogen-bond donors (Lipinski definition) is 1. The molecule has 0 unspecified atom stereocenters. The zero-order valence-electron chi connectivity index (χ0n) is 16.1. The zero-order valence-corrected chi connectivity index (χ0v) is 16.1. The molecule has 28 heavy (non-hydrogen) atoms. The van der Waals surface area contributed by atoms with Crippen LogP contribution in [0.2, 0.25) is 0 Å². The van der Waals surface area contributed by atoms with E-state index in [0.717, 1.165) is 51.4 Å². The molecule has 0 atom stereocenters. The third kappa shape index (κ3) is 5.58. The van der Waals surface area contributed by atoms with Crippen molar-refractivity contribution >= 4 is 0 Å². The molecule has 1 saturated heterocycles. The van der Waals surface area contributed by atoms with Crippen molar-refractivity contribution in [2.45, 2.75) is 38.3 Å². The van der Waals surface area contributed by atoms with Crippen molar-refractivity contribution in [3.63, 3.8) is 0 Å². The maximum absolute atomic E-state index is 13.0. The molecule has 0 saturated carbocycles. The van der Waals surface area contributed by atoms with Gasteiger partial charge in [0.2, 0.25) is 0 Å². The zero-order chi connectivity index (χ0) is 20.0. The summed E-state index contributed by atoms with van der Waals surface area (Å²) in [5.41, 5.74) is 1.06. The largest absolute Gasteiger partial charge is 0.416 e. The SMILES string of the molecule is OCC1(Cc2cccc(C(F)(F)F)c2)CCN(CCCc2ccccc2)CC1. The Morgan fingerprint density at radius 3 is 2.25 bits per heavy atom. The van der Waals surface area contributed by atoms with Crippen LogP contribution in [0.15, 0.2) is 54.6 Å². The van der Waals surface area contributed by atoms with E-state index in [1.807, 2.05) is 6.07 Å². The van der Waals surface area contributed by atoms with Gasteiger partial charge in [0.25, 0.3) is 0 Å². The highest BCUT2D eigenvalue weighted by molar-refractivity contribution is 5.26. The first-order chi connectivity index (χ1) is 13.4. The second kappa shape index (κ2) is 9.10. The molecule has 2 aromatic carbocycles. The van der Waals surface area contributed by atoms with Crippen molar-refractivity contribution in [3.8, 4) is 0 Å². The van der Waals surface area contributed by atoms with Gasteiger partial charge < -0.3 is 10.0 Å². The van der Waals surface area contributed by atoms with Gasteiger partial charge in [0.05, 0.1) is 5.56 Å². The normalized spacial score (nSPS) is 17.6. The van der Waals surface area contributed by atoms with E-state index in [2.05, 4.69) is 29.2 Å². The lowest BCUT2D eigenvalue weighted by atomic mass is 9.74. The number of hydrogen-bond acceptors (Lipinski definition) is 2. The summed E-state index contributed by atoms with van der Waals surface area (Å²) in [4.78, 5) is 2.41. The highest BCUT2D eigenvalue weighted by Gasteiger charge is 2.35. The Morgan fingerprint density at radius 1 is 0.929 bits per heavy atom. The molecule has 1 N–H and O–H groups in total. The summed E-state index contributed by atoms with van der Waals surface area (Å²) in [5.74, 6) is 0. The standard InChI is InChI=1S/C23H28F3NO/c24-23(25,26)21-10-4-8-20(16-21)17-22(18-28)11-14-27(15-12-22)13-5-9-19-6-2-1-3-7-19/h1-4,6-8,10,16,28H,5,9,11-15,17-18H2. The lowest BCUT2D eigenvalue weighted by molar-refractivity contribution is -0.137. The summed E-state index contributed by atoms with van der Waals surface area (Å²) in [6.45, 7) is 2.80. The molecule has 5 heteroatoms. The first-order valence-electron chi connectivity index (χ1n) is 9.94. The van der Waals surface area contributed by atoms with Gasteiger partial charge in [0, 0.05) is 6.61 Å². The Balaban J connectivity index is 1.52. The lowest BCUT2D eigenvalue weighted by Gasteiger charge is -2.41. The summed E-state index contributed by atoms with van der Waals surface area (Å²) in [5, 5.41) is 10.0. The number of halogens is 3. The highest BCUT2D eigenvalue weighted by Crippen LogP contribution is 2.36. The number of piperidine rings is 1. The summed E-state index contributed by atoms with van der Waals surface area (Å²) < 4.78 is 38.9. The van der Waals surface area contributed by atoms with Crippen LogP contribution in [0.4, 0.5) is 13.2 Å². The molecular weight excluding hydrogens is 363 g/mol. The van der Waals surface area contributed by atoms with E-state index in [1.165, 1.54) is 17.7 Å². The minimum atomic E-state index is -4.33. The highest BCUT2D eigenvalue weighted by atomic mass is 19.4. The third-order valence-electron chi connectivity index (χ3n) is 5.87. The quantitative estimate of drug-likeness (QED) is 0.722. The molecule has 1 aliphatic rings. The maximum atomic E-state index is 13.0. The molecule has 2 aromatic rings. The molecule has 1 aliphatic heterocycles. The molecule has 3 rings (SSSR count). The van der Waals surface area contributed by atoms with Crippen LogP contribution in [0.3, 0.4) is 0 Å². The molecule has 1 fully saturated rings. The molecule has 0 spiro atoms. The van der Waals surface area contributed by atoms with E-state index in [9.17, 15) is 18.3 Å². The van der Waals surface area contributed by atoms with Crippen molar-refractivity contribution in [2.24, 2.45) is 5.41 Å². The number of nitrogens with zero attached hydrogens (tertiary/aromatic N) is 1. The van der Waals surface area contributed by atoms with E-state index in [0.29, 0.717) is 12.0 Å². The van der Waals surface area contributed by atoms with Gasteiger partial charge in [-0.25, -0.2) is 0 Å². The van der Waals surface area contributed by atoms with E-state index in [-0.39, 0.29) is 12.0 Å². The molecule has 152 valence electrons. The molecule has 2 nitrogen and oxygen atoms in total. The summed E-state index contributed by atoms with van der Waals surface area (Å²) in [6, 6.07) is 15.9. The number of rotatable bonds is 7. The van der Waals surface area contributed by atoms with Gasteiger partial charge in [0.15, 0.2) is 0 Å². The maximum Gasteiger partial charge on any atom is 0.416 e. The second-order valence-electron chi connectivity index (χ2n) is 7.96. The molecule has 0 aromatic heterocycles. The van der Waals surface area contributed by atoms with E-state index < -0.39 is 11.7 Å². The van der Waals surface area contributed by atoms with E-state index in [1.54, 1.807) is 6.07 Å². The van der Waals surface area contributed by atoms with Gasteiger partial charge in [-0.05, 0) is 74.3 Å². The van der Waals surface area contributed by atoms with Gasteiger partial charge in [-0.2, -0.15) is 13.2 Å². The van der Waals surface area contributed by atoms with Crippen LogP contribution in [0.1, 0.15) is 36.0 Å². The Labute approximate surface area is 165 Å². The summed E-state index contributed by atoms with van der Waals surface area (Å²) >= 11 is 0. The first kappa shape index (κ1) is 20.9.